The fourth-order valence-corrected chi connectivity index (χ4v) is 1.43. The lowest BCUT2D eigenvalue weighted by Gasteiger charge is -1.90. The van der Waals surface area contributed by atoms with E-state index in [2.05, 4.69) is 48.3 Å². The Morgan fingerprint density at radius 1 is 1.18 bits per heavy atom. The molecule has 2 nitrogen and oxygen atoms in total. The van der Waals surface area contributed by atoms with E-state index in [1.807, 2.05) is 0 Å². The zero-order valence-corrected chi connectivity index (χ0v) is 7.13. The van der Waals surface area contributed by atoms with E-state index in [0.717, 1.165) is 0 Å². The predicted molar refractivity (Wildman–Crippen MR) is 45.8 cm³/mol. The highest BCUT2D eigenvalue weighted by atomic mass is 15.1. The van der Waals surface area contributed by atoms with Gasteiger partial charge in [-0.05, 0) is 25.5 Å². The minimum Gasteiger partial charge on any atom is -0.336 e. The summed E-state index contributed by atoms with van der Waals surface area (Å²) in [6.07, 6.45) is 4.17. The molecule has 0 aliphatic heterocycles. The summed E-state index contributed by atoms with van der Waals surface area (Å²) in [5, 5.41) is 0. The van der Waals surface area contributed by atoms with Crippen LogP contribution in [0.5, 0.6) is 0 Å². The normalized spacial score (nSPS) is 11.2. The molecule has 11 heavy (non-hydrogen) atoms. The van der Waals surface area contributed by atoms with Crippen molar-refractivity contribution < 1.29 is 0 Å². The average molecular weight is 148 g/mol. The van der Waals surface area contributed by atoms with Crippen LogP contribution >= 0.6 is 0 Å². The molecule has 2 rings (SSSR count). The van der Waals surface area contributed by atoms with Crippen LogP contribution in [-0.2, 0) is 7.05 Å². The van der Waals surface area contributed by atoms with Gasteiger partial charge in [-0.15, -0.1) is 0 Å². The van der Waals surface area contributed by atoms with Crippen molar-refractivity contribution in [3.63, 3.8) is 0 Å². The van der Waals surface area contributed by atoms with Crippen LogP contribution in [0.15, 0.2) is 18.5 Å². The first-order chi connectivity index (χ1) is 5.20. The molecule has 0 bridgehead atoms. The molecule has 0 saturated heterocycles. The van der Waals surface area contributed by atoms with Gasteiger partial charge in [-0.1, -0.05) is 0 Å². The molecular weight excluding hydrogens is 136 g/mol. The third-order valence-corrected chi connectivity index (χ3v) is 2.33. The first-order valence-corrected chi connectivity index (χ1v) is 3.80. The molecule has 0 aromatic carbocycles. The highest BCUT2D eigenvalue weighted by Gasteiger charge is 2.03. The SMILES string of the molecule is Cc1cc2n(C)ccn2c1C. The molecule has 0 atom stereocenters. The molecule has 0 radical (unpaired) electrons. The molecule has 2 aromatic rings. The smallest absolute Gasteiger partial charge is 0.117 e. The molecule has 0 aliphatic rings. The lowest BCUT2D eigenvalue weighted by atomic mass is 10.3. The maximum Gasteiger partial charge on any atom is 0.117 e. The Balaban J connectivity index is 2.93. The lowest BCUT2D eigenvalue weighted by molar-refractivity contribution is 0.956. The quantitative estimate of drug-likeness (QED) is 0.539. The Kier molecular flexibility index (Phi) is 1.13. The largest absolute Gasteiger partial charge is 0.336 e. The van der Waals surface area contributed by atoms with E-state index in [1.165, 1.54) is 16.9 Å². The summed E-state index contributed by atoms with van der Waals surface area (Å²) in [6.45, 7) is 4.28. The van der Waals surface area contributed by atoms with Gasteiger partial charge < -0.3 is 8.97 Å². The van der Waals surface area contributed by atoms with E-state index in [4.69, 9.17) is 0 Å². The van der Waals surface area contributed by atoms with E-state index in [9.17, 15) is 0 Å². The molecule has 2 heterocycles. The van der Waals surface area contributed by atoms with Gasteiger partial charge in [0.05, 0.1) is 0 Å². The summed E-state index contributed by atoms with van der Waals surface area (Å²) in [7, 11) is 2.06. The van der Waals surface area contributed by atoms with Crippen molar-refractivity contribution in [1.82, 2.24) is 8.97 Å². The van der Waals surface area contributed by atoms with Crippen molar-refractivity contribution in [3.05, 3.63) is 29.7 Å². The zero-order chi connectivity index (χ0) is 8.01. The van der Waals surface area contributed by atoms with Crippen LogP contribution < -0.4 is 0 Å². The summed E-state index contributed by atoms with van der Waals surface area (Å²) in [4.78, 5) is 0. The summed E-state index contributed by atoms with van der Waals surface area (Å²) in [5.74, 6) is 0. The Morgan fingerprint density at radius 3 is 2.55 bits per heavy atom. The van der Waals surface area contributed by atoms with Gasteiger partial charge in [0.2, 0.25) is 0 Å². The van der Waals surface area contributed by atoms with E-state index in [1.54, 1.807) is 0 Å². The number of aromatic nitrogens is 2. The molecule has 58 valence electrons. The average Bonchev–Trinajstić information content (AvgIpc) is 2.43. The van der Waals surface area contributed by atoms with E-state index >= 15 is 0 Å². The first kappa shape index (κ1) is 6.53. The molecular formula is C9H12N2. The van der Waals surface area contributed by atoms with E-state index < -0.39 is 0 Å². The Labute approximate surface area is 66.1 Å². The Bertz CT molecular complexity index is 393. The monoisotopic (exact) mass is 148 g/mol. The van der Waals surface area contributed by atoms with Crippen molar-refractivity contribution in [2.45, 2.75) is 13.8 Å². The summed E-state index contributed by atoms with van der Waals surface area (Å²) in [5.41, 5.74) is 3.96. The fraction of sp³-hybridized carbons (Fsp3) is 0.333. The second-order valence-corrected chi connectivity index (χ2v) is 3.05. The number of hydrogen-bond acceptors (Lipinski definition) is 0. The van der Waals surface area contributed by atoms with Gasteiger partial charge in [0.15, 0.2) is 0 Å². The molecule has 2 aromatic heterocycles. The number of hydrogen-bond donors (Lipinski definition) is 0. The van der Waals surface area contributed by atoms with Crippen molar-refractivity contribution >= 4 is 5.65 Å². The summed E-state index contributed by atoms with van der Waals surface area (Å²) >= 11 is 0. The molecule has 2 heteroatoms. The van der Waals surface area contributed by atoms with Gasteiger partial charge in [0.1, 0.15) is 5.65 Å². The van der Waals surface area contributed by atoms with Crippen LogP contribution in [0.1, 0.15) is 11.3 Å². The van der Waals surface area contributed by atoms with E-state index in [-0.39, 0.29) is 0 Å². The third-order valence-electron chi connectivity index (χ3n) is 2.33. The minimum atomic E-state index is 1.26. The van der Waals surface area contributed by atoms with Crippen LogP contribution in [0.2, 0.25) is 0 Å². The third kappa shape index (κ3) is 0.723. The molecule has 0 fully saturated rings. The molecule has 0 aliphatic carbocycles. The van der Waals surface area contributed by atoms with Gasteiger partial charge >= 0.3 is 0 Å². The van der Waals surface area contributed by atoms with Gasteiger partial charge in [0, 0.05) is 25.1 Å². The topological polar surface area (TPSA) is 9.34 Å². The van der Waals surface area contributed by atoms with Crippen LogP contribution in [-0.4, -0.2) is 8.97 Å². The number of rotatable bonds is 0. The standard InChI is InChI=1S/C9H12N2/c1-7-6-9-10(3)4-5-11(9)8(7)2/h4-6H,1-3H3. The first-order valence-electron chi connectivity index (χ1n) is 3.80. The summed E-state index contributed by atoms with van der Waals surface area (Å²) in [6, 6.07) is 2.20. The van der Waals surface area contributed by atoms with E-state index in [0.29, 0.717) is 0 Å². The van der Waals surface area contributed by atoms with Crippen molar-refractivity contribution in [2.75, 3.05) is 0 Å². The molecule has 0 amide bonds. The number of fused-ring (bicyclic) bond motifs is 1. The van der Waals surface area contributed by atoms with Gasteiger partial charge in [-0.3, -0.25) is 0 Å². The van der Waals surface area contributed by atoms with Crippen LogP contribution in [0.3, 0.4) is 0 Å². The van der Waals surface area contributed by atoms with Gasteiger partial charge in [-0.25, -0.2) is 0 Å². The number of aryl methyl sites for hydroxylation is 3. The van der Waals surface area contributed by atoms with Crippen molar-refractivity contribution in [3.8, 4) is 0 Å². The maximum atomic E-state index is 2.20. The number of imidazole rings is 1. The highest BCUT2D eigenvalue weighted by Crippen LogP contribution is 2.14. The predicted octanol–water partition coefficient (Wildman–Crippen LogP) is 1.89. The second-order valence-electron chi connectivity index (χ2n) is 3.05. The van der Waals surface area contributed by atoms with Crippen LogP contribution in [0.25, 0.3) is 5.65 Å². The second kappa shape index (κ2) is 1.91. The molecule has 0 spiro atoms. The minimum absolute atomic E-state index is 1.26. The number of nitrogens with zero attached hydrogens (tertiary/aromatic N) is 2. The Morgan fingerprint density at radius 2 is 1.91 bits per heavy atom. The molecule has 0 unspecified atom stereocenters. The Hall–Kier alpha value is -1.18. The van der Waals surface area contributed by atoms with Gasteiger partial charge in [0.25, 0.3) is 0 Å². The zero-order valence-electron chi connectivity index (χ0n) is 7.13. The summed E-state index contributed by atoms with van der Waals surface area (Å²) < 4.78 is 4.33. The van der Waals surface area contributed by atoms with Crippen LogP contribution in [0, 0.1) is 13.8 Å². The highest BCUT2D eigenvalue weighted by molar-refractivity contribution is 5.47. The van der Waals surface area contributed by atoms with Crippen molar-refractivity contribution in [1.29, 1.82) is 0 Å². The maximum absolute atomic E-state index is 2.20. The fourth-order valence-electron chi connectivity index (χ4n) is 1.43. The molecule has 0 N–H and O–H groups in total. The van der Waals surface area contributed by atoms with Crippen LogP contribution in [0.4, 0.5) is 0 Å². The molecule has 0 saturated carbocycles. The lowest BCUT2D eigenvalue weighted by Crippen LogP contribution is -1.84. The van der Waals surface area contributed by atoms with Crippen molar-refractivity contribution in [2.24, 2.45) is 7.05 Å². The van der Waals surface area contributed by atoms with Gasteiger partial charge in [-0.2, -0.15) is 0 Å².